The summed E-state index contributed by atoms with van der Waals surface area (Å²) >= 11 is 0. The predicted molar refractivity (Wildman–Crippen MR) is 86.3 cm³/mol. The summed E-state index contributed by atoms with van der Waals surface area (Å²) in [7, 11) is 0. The van der Waals surface area contributed by atoms with Crippen LogP contribution in [-0.2, 0) is 9.59 Å². The first-order valence-electron chi connectivity index (χ1n) is 6.76. The Kier molecular flexibility index (Phi) is 6.84. The van der Waals surface area contributed by atoms with E-state index < -0.39 is 36.3 Å². The Morgan fingerprint density at radius 2 is 1.84 bits per heavy atom. The number of guanidine groups is 1. The third-order valence-electron chi connectivity index (χ3n) is 2.66. The SMILES string of the molecule is NC(=O)CC(NNC(=O)NC(=O)c1cccc(N=C(N)N)c1)C(=O)O. The summed E-state index contributed by atoms with van der Waals surface area (Å²) in [6, 6.07) is 3.31. The van der Waals surface area contributed by atoms with Gasteiger partial charge < -0.3 is 22.3 Å². The Morgan fingerprint density at radius 3 is 2.40 bits per heavy atom. The summed E-state index contributed by atoms with van der Waals surface area (Å²) in [5.41, 5.74) is 19.8. The van der Waals surface area contributed by atoms with E-state index in [4.69, 9.17) is 22.3 Å². The minimum Gasteiger partial charge on any atom is -0.480 e. The number of rotatable bonds is 7. The van der Waals surface area contributed by atoms with Crippen molar-refractivity contribution in [2.24, 2.45) is 22.2 Å². The lowest BCUT2D eigenvalue weighted by Crippen LogP contribution is -2.53. The number of hydrogen-bond acceptors (Lipinski definition) is 6. The zero-order valence-electron chi connectivity index (χ0n) is 12.9. The second kappa shape index (κ2) is 8.83. The van der Waals surface area contributed by atoms with E-state index in [1.54, 1.807) is 6.07 Å². The largest absolute Gasteiger partial charge is 0.480 e. The van der Waals surface area contributed by atoms with Gasteiger partial charge in [-0.25, -0.2) is 15.2 Å². The van der Waals surface area contributed by atoms with E-state index in [1.807, 2.05) is 10.7 Å². The molecule has 25 heavy (non-hydrogen) atoms. The van der Waals surface area contributed by atoms with Crippen molar-refractivity contribution >= 4 is 35.5 Å². The first kappa shape index (κ1) is 19.4. The average molecular weight is 351 g/mol. The first-order valence-corrected chi connectivity index (χ1v) is 6.76. The van der Waals surface area contributed by atoms with Gasteiger partial charge in [-0.15, -0.1) is 0 Å². The van der Waals surface area contributed by atoms with Crippen LogP contribution in [0.25, 0.3) is 0 Å². The highest BCUT2D eigenvalue weighted by Gasteiger charge is 2.20. The zero-order chi connectivity index (χ0) is 19.0. The lowest BCUT2D eigenvalue weighted by molar-refractivity contribution is -0.141. The summed E-state index contributed by atoms with van der Waals surface area (Å²) in [5.74, 6) is -3.27. The molecule has 12 heteroatoms. The molecule has 134 valence electrons. The Bertz CT molecular complexity index is 714. The van der Waals surface area contributed by atoms with Gasteiger partial charge >= 0.3 is 12.0 Å². The molecule has 1 atom stereocenters. The van der Waals surface area contributed by atoms with Crippen LogP contribution in [0.3, 0.4) is 0 Å². The molecular formula is C13H17N7O5. The fourth-order valence-electron chi connectivity index (χ4n) is 1.63. The Morgan fingerprint density at radius 1 is 1.16 bits per heavy atom. The zero-order valence-corrected chi connectivity index (χ0v) is 12.9. The van der Waals surface area contributed by atoms with E-state index in [2.05, 4.69) is 10.4 Å². The number of nitrogens with one attached hydrogen (secondary N) is 3. The van der Waals surface area contributed by atoms with Crippen molar-refractivity contribution in [2.75, 3.05) is 0 Å². The molecule has 1 unspecified atom stereocenters. The van der Waals surface area contributed by atoms with Crippen molar-refractivity contribution in [3.05, 3.63) is 29.8 Å². The van der Waals surface area contributed by atoms with Crippen LogP contribution in [0.4, 0.5) is 10.5 Å². The highest BCUT2D eigenvalue weighted by molar-refractivity contribution is 6.04. The number of benzene rings is 1. The summed E-state index contributed by atoms with van der Waals surface area (Å²) < 4.78 is 0. The van der Waals surface area contributed by atoms with Gasteiger partial charge in [0.2, 0.25) is 5.91 Å². The summed E-state index contributed by atoms with van der Waals surface area (Å²) in [6.07, 6.45) is -0.551. The van der Waals surface area contributed by atoms with E-state index in [1.165, 1.54) is 18.2 Å². The molecule has 0 bridgehead atoms. The molecule has 0 heterocycles. The molecule has 0 radical (unpaired) electrons. The van der Waals surface area contributed by atoms with Crippen molar-refractivity contribution in [3.63, 3.8) is 0 Å². The standard InChI is InChI=1S/C13H17N7O5/c14-9(21)5-8(11(23)24)19-20-13(25)18-10(22)6-2-1-3-7(4-6)17-12(15)16/h1-4,8,19H,5H2,(H2,14,21)(H,23,24)(H4,15,16,17)(H2,18,20,22,25). The van der Waals surface area contributed by atoms with Gasteiger partial charge in [0.15, 0.2) is 5.96 Å². The maximum Gasteiger partial charge on any atom is 0.336 e. The van der Waals surface area contributed by atoms with Gasteiger partial charge in [-0.05, 0) is 18.2 Å². The second-order valence-corrected chi connectivity index (χ2v) is 4.70. The number of amides is 4. The van der Waals surface area contributed by atoms with Gasteiger partial charge in [-0.3, -0.25) is 25.1 Å². The minimum atomic E-state index is -1.44. The van der Waals surface area contributed by atoms with Crippen molar-refractivity contribution in [1.82, 2.24) is 16.2 Å². The fraction of sp³-hybridized carbons (Fsp3) is 0.154. The lowest BCUT2D eigenvalue weighted by Gasteiger charge is -2.14. The van der Waals surface area contributed by atoms with Crippen LogP contribution in [-0.4, -0.2) is 40.9 Å². The number of hydrazine groups is 1. The normalized spacial score (nSPS) is 11.0. The predicted octanol–water partition coefficient (Wildman–Crippen LogP) is -2.14. The number of nitrogens with zero attached hydrogens (tertiary/aromatic N) is 1. The molecule has 1 aromatic carbocycles. The average Bonchev–Trinajstić information content (AvgIpc) is 2.50. The number of carboxylic acids is 1. The number of hydrogen-bond donors (Lipinski definition) is 7. The van der Waals surface area contributed by atoms with Crippen LogP contribution in [0.2, 0.25) is 0 Å². The van der Waals surface area contributed by atoms with Gasteiger partial charge in [-0.2, -0.15) is 0 Å². The van der Waals surface area contributed by atoms with Crippen LogP contribution < -0.4 is 33.4 Å². The maximum absolute atomic E-state index is 11.9. The smallest absolute Gasteiger partial charge is 0.336 e. The highest BCUT2D eigenvalue weighted by Crippen LogP contribution is 2.13. The molecule has 0 aliphatic rings. The van der Waals surface area contributed by atoms with Crippen LogP contribution in [0, 0.1) is 0 Å². The van der Waals surface area contributed by atoms with E-state index >= 15 is 0 Å². The Labute approximate surface area is 141 Å². The summed E-state index contributed by atoms with van der Waals surface area (Å²) in [4.78, 5) is 48.9. The van der Waals surface area contributed by atoms with Crippen LogP contribution in [0.1, 0.15) is 16.8 Å². The molecule has 0 fully saturated rings. The fourth-order valence-corrected chi connectivity index (χ4v) is 1.63. The number of carboxylic acid groups (broad SMARTS) is 1. The molecule has 0 saturated heterocycles. The number of aliphatic carboxylic acids is 1. The molecular weight excluding hydrogens is 334 g/mol. The van der Waals surface area contributed by atoms with Gasteiger partial charge in [0, 0.05) is 5.56 Å². The van der Waals surface area contributed by atoms with Crippen LogP contribution >= 0.6 is 0 Å². The van der Waals surface area contributed by atoms with Crippen molar-refractivity contribution < 1.29 is 24.3 Å². The van der Waals surface area contributed by atoms with E-state index in [9.17, 15) is 19.2 Å². The molecule has 10 N–H and O–H groups in total. The number of urea groups is 1. The molecule has 0 saturated carbocycles. The lowest BCUT2D eigenvalue weighted by atomic mass is 10.2. The summed E-state index contributed by atoms with van der Waals surface area (Å²) in [5, 5.41) is 10.8. The minimum absolute atomic E-state index is 0.0876. The van der Waals surface area contributed by atoms with Gasteiger partial charge in [0.25, 0.3) is 5.91 Å². The molecule has 1 aromatic rings. The molecule has 4 amide bonds. The molecule has 0 aromatic heterocycles. The number of imide groups is 1. The van der Waals surface area contributed by atoms with Crippen molar-refractivity contribution in [2.45, 2.75) is 12.5 Å². The Hall–Kier alpha value is -3.67. The van der Waals surface area contributed by atoms with E-state index in [0.29, 0.717) is 5.69 Å². The number of carbonyl (C=O) groups is 4. The number of primary amides is 1. The highest BCUT2D eigenvalue weighted by atomic mass is 16.4. The molecule has 0 spiro atoms. The van der Waals surface area contributed by atoms with Gasteiger partial charge in [0.05, 0.1) is 12.1 Å². The van der Waals surface area contributed by atoms with Gasteiger partial charge in [0.1, 0.15) is 6.04 Å². The first-order chi connectivity index (χ1) is 11.7. The summed E-state index contributed by atoms with van der Waals surface area (Å²) in [6.45, 7) is 0. The number of carbonyl (C=O) groups excluding carboxylic acids is 3. The van der Waals surface area contributed by atoms with Crippen LogP contribution in [0.15, 0.2) is 29.3 Å². The molecule has 12 nitrogen and oxygen atoms in total. The topological polar surface area (TPSA) is 215 Å². The van der Waals surface area contributed by atoms with Crippen molar-refractivity contribution in [3.8, 4) is 0 Å². The Balaban J connectivity index is 2.65. The monoisotopic (exact) mass is 351 g/mol. The third-order valence-corrected chi connectivity index (χ3v) is 2.66. The van der Waals surface area contributed by atoms with Crippen molar-refractivity contribution in [1.29, 1.82) is 0 Å². The number of nitrogens with two attached hydrogens (primary N) is 3. The molecule has 0 aliphatic heterocycles. The molecule has 0 aliphatic carbocycles. The van der Waals surface area contributed by atoms with E-state index in [0.717, 1.165) is 0 Å². The second-order valence-electron chi connectivity index (χ2n) is 4.70. The third kappa shape index (κ3) is 6.96. The quantitative estimate of drug-likeness (QED) is 0.163. The number of aliphatic imine (C=N–C) groups is 1. The maximum atomic E-state index is 11.9. The van der Waals surface area contributed by atoms with E-state index in [-0.39, 0.29) is 11.5 Å². The van der Waals surface area contributed by atoms with Crippen LogP contribution in [0.5, 0.6) is 0 Å². The molecule has 1 rings (SSSR count). The van der Waals surface area contributed by atoms with Gasteiger partial charge in [-0.1, -0.05) is 6.07 Å².